The van der Waals surface area contributed by atoms with Gasteiger partial charge in [0.05, 0.1) is 20.3 Å². The van der Waals surface area contributed by atoms with E-state index in [0.29, 0.717) is 6.61 Å². The van der Waals surface area contributed by atoms with Gasteiger partial charge in [0.2, 0.25) is 0 Å². The third-order valence-corrected chi connectivity index (χ3v) is 3.56. The van der Waals surface area contributed by atoms with Crippen molar-refractivity contribution in [3.8, 4) is 5.75 Å². The number of hydrogen-bond donors (Lipinski definition) is 1. The summed E-state index contributed by atoms with van der Waals surface area (Å²) in [6, 6.07) is 7.66. The number of benzene rings is 1. The molecule has 1 aliphatic rings. The van der Waals surface area contributed by atoms with Crippen molar-refractivity contribution < 1.29 is 24.1 Å². The molecular formula is C17H24O5. The Morgan fingerprint density at radius 3 is 2.55 bits per heavy atom. The maximum Gasteiger partial charge on any atom is 0.164 e. The molecule has 1 aromatic carbocycles. The quantitative estimate of drug-likeness (QED) is 0.783. The highest BCUT2D eigenvalue weighted by atomic mass is 16.8. The highest BCUT2D eigenvalue weighted by molar-refractivity contribution is 5.26. The topological polar surface area (TPSA) is 57.2 Å². The lowest BCUT2D eigenvalue weighted by molar-refractivity contribution is -0.157. The van der Waals surface area contributed by atoms with Crippen molar-refractivity contribution in [2.45, 2.75) is 44.6 Å². The molecule has 0 aliphatic carbocycles. The van der Waals surface area contributed by atoms with Crippen LogP contribution >= 0.6 is 0 Å². The first-order valence-corrected chi connectivity index (χ1v) is 7.32. The van der Waals surface area contributed by atoms with Crippen molar-refractivity contribution in [3.63, 3.8) is 0 Å². The van der Waals surface area contributed by atoms with Gasteiger partial charge < -0.3 is 24.1 Å². The largest absolute Gasteiger partial charge is 0.497 e. The van der Waals surface area contributed by atoms with E-state index < -0.39 is 11.9 Å². The monoisotopic (exact) mass is 308 g/mol. The van der Waals surface area contributed by atoms with Gasteiger partial charge in [0, 0.05) is 0 Å². The first-order valence-electron chi connectivity index (χ1n) is 7.32. The molecule has 0 saturated carbocycles. The van der Waals surface area contributed by atoms with Crippen LogP contribution in [0.1, 0.15) is 19.4 Å². The van der Waals surface area contributed by atoms with E-state index in [9.17, 15) is 5.11 Å². The summed E-state index contributed by atoms with van der Waals surface area (Å²) in [5.74, 6) is 0.0710. The molecule has 1 aliphatic heterocycles. The number of ether oxygens (including phenoxy) is 4. The maximum absolute atomic E-state index is 9.45. The molecule has 0 spiro atoms. The Labute approximate surface area is 131 Å². The van der Waals surface area contributed by atoms with Crippen LogP contribution in [0, 0.1) is 0 Å². The van der Waals surface area contributed by atoms with Crippen molar-refractivity contribution in [3.05, 3.63) is 42.5 Å². The molecule has 1 N–H and O–H groups in total. The second kappa shape index (κ2) is 7.24. The van der Waals surface area contributed by atoms with Crippen LogP contribution in [0.25, 0.3) is 0 Å². The fourth-order valence-electron chi connectivity index (χ4n) is 2.49. The Balaban J connectivity index is 1.98. The number of aliphatic hydroxyl groups excluding tert-OH is 1. The molecule has 5 heteroatoms. The average molecular weight is 308 g/mol. The van der Waals surface area contributed by atoms with Gasteiger partial charge in [0.25, 0.3) is 0 Å². The second-order valence-corrected chi connectivity index (χ2v) is 5.68. The Morgan fingerprint density at radius 2 is 2.00 bits per heavy atom. The zero-order valence-corrected chi connectivity index (χ0v) is 13.3. The van der Waals surface area contributed by atoms with Crippen molar-refractivity contribution >= 4 is 0 Å². The van der Waals surface area contributed by atoms with Gasteiger partial charge in [0.15, 0.2) is 5.79 Å². The van der Waals surface area contributed by atoms with E-state index in [4.69, 9.17) is 18.9 Å². The Morgan fingerprint density at radius 1 is 1.32 bits per heavy atom. The summed E-state index contributed by atoms with van der Waals surface area (Å²) in [5, 5.41) is 9.45. The van der Waals surface area contributed by atoms with Crippen LogP contribution in [0.3, 0.4) is 0 Å². The minimum absolute atomic E-state index is 0.121. The van der Waals surface area contributed by atoms with Gasteiger partial charge in [0.1, 0.15) is 24.1 Å². The van der Waals surface area contributed by atoms with Crippen LogP contribution in [0.15, 0.2) is 36.9 Å². The normalized spacial score (nSPS) is 24.9. The van der Waals surface area contributed by atoms with Gasteiger partial charge in [-0.3, -0.25) is 0 Å². The minimum atomic E-state index is -0.733. The smallest absolute Gasteiger partial charge is 0.164 e. The standard InChI is InChI=1S/C17H24O5/c1-5-14(16-15(10-18)21-17(2,3)22-16)20-11-12-6-8-13(19-4)9-7-12/h5-9,14-16,18H,1,10-11H2,2-4H3/t14-,15-,16+/m1/s1. The molecular weight excluding hydrogens is 284 g/mol. The zero-order chi connectivity index (χ0) is 16.2. The van der Waals surface area contributed by atoms with E-state index in [1.807, 2.05) is 38.1 Å². The lowest BCUT2D eigenvalue weighted by Crippen LogP contribution is -2.37. The molecule has 0 radical (unpaired) electrons. The molecule has 3 atom stereocenters. The SMILES string of the molecule is C=C[C@@H](OCc1ccc(OC)cc1)[C@@H]1OC(C)(C)O[C@@H]1CO. The number of hydrogen-bond acceptors (Lipinski definition) is 5. The van der Waals surface area contributed by atoms with E-state index in [-0.39, 0.29) is 18.8 Å². The predicted octanol–water partition coefficient (Wildman–Crippen LogP) is 2.28. The fourth-order valence-corrected chi connectivity index (χ4v) is 2.49. The summed E-state index contributed by atoms with van der Waals surface area (Å²) < 4.78 is 22.5. The number of aliphatic hydroxyl groups is 1. The molecule has 22 heavy (non-hydrogen) atoms. The van der Waals surface area contributed by atoms with Gasteiger partial charge in [-0.05, 0) is 31.5 Å². The van der Waals surface area contributed by atoms with Gasteiger partial charge in [-0.2, -0.15) is 0 Å². The lowest BCUT2D eigenvalue weighted by Gasteiger charge is -2.23. The van der Waals surface area contributed by atoms with Gasteiger partial charge >= 0.3 is 0 Å². The minimum Gasteiger partial charge on any atom is -0.497 e. The zero-order valence-electron chi connectivity index (χ0n) is 13.3. The Hall–Kier alpha value is -1.40. The molecule has 122 valence electrons. The lowest BCUT2D eigenvalue weighted by atomic mass is 10.1. The van der Waals surface area contributed by atoms with Crippen LogP contribution < -0.4 is 4.74 Å². The van der Waals surface area contributed by atoms with Gasteiger partial charge in [-0.25, -0.2) is 0 Å². The molecule has 5 nitrogen and oxygen atoms in total. The second-order valence-electron chi connectivity index (χ2n) is 5.68. The van der Waals surface area contributed by atoms with E-state index >= 15 is 0 Å². The molecule has 0 bridgehead atoms. The summed E-state index contributed by atoms with van der Waals surface area (Å²) in [6.07, 6.45) is 0.521. The van der Waals surface area contributed by atoms with Crippen molar-refractivity contribution in [2.24, 2.45) is 0 Å². The van der Waals surface area contributed by atoms with Crippen LogP contribution in [0.2, 0.25) is 0 Å². The highest BCUT2D eigenvalue weighted by Gasteiger charge is 2.44. The number of methoxy groups -OCH3 is 1. The molecule has 2 rings (SSSR count). The molecule has 0 unspecified atom stereocenters. The Kier molecular flexibility index (Phi) is 5.58. The van der Waals surface area contributed by atoms with Crippen molar-refractivity contribution in [1.29, 1.82) is 0 Å². The summed E-state index contributed by atoms with van der Waals surface area (Å²) in [4.78, 5) is 0. The molecule has 0 aromatic heterocycles. The average Bonchev–Trinajstić information content (AvgIpc) is 2.83. The Bertz CT molecular complexity index is 482. The fraction of sp³-hybridized carbons (Fsp3) is 0.529. The molecule has 1 fully saturated rings. The van der Waals surface area contributed by atoms with E-state index in [0.717, 1.165) is 11.3 Å². The van der Waals surface area contributed by atoms with Crippen molar-refractivity contribution in [2.75, 3.05) is 13.7 Å². The van der Waals surface area contributed by atoms with Gasteiger partial charge in [-0.15, -0.1) is 6.58 Å². The van der Waals surface area contributed by atoms with Crippen LogP contribution in [0.5, 0.6) is 5.75 Å². The predicted molar refractivity (Wildman–Crippen MR) is 82.7 cm³/mol. The highest BCUT2D eigenvalue weighted by Crippen LogP contribution is 2.31. The van der Waals surface area contributed by atoms with Gasteiger partial charge in [-0.1, -0.05) is 18.2 Å². The van der Waals surface area contributed by atoms with Crippen LogP contribution in [-0.4, -0.2) is 42.9 Å². The first-order chi connectivity index (χ1) is 10.5. The van der Waals surface area contributed by atoms with Crippen LogP contribution in [-0.2, 0) is 20.8 Å². The molecule has 1 saturated heterocycles. The van der Waals surface area contributed by atoms with E-state index in [2.05, 4.69) is 6.58 Å². The third-order valence-electron chi connectivity index (χ3n) is 3.56. The summed E-state index contributed by atoms with van der Waals surface area (Å²) in [7, 11) is 1.63. The number of rotatable bonds is 7. The van der Waals surface area contributed by atoms with E-state index in [1.165, 1.54) is 0 Å². The maximum atomic E-state index is 9.45. The van der Waals surface area contributed by atoms with E-state index in [1.54, 1.807) is 13.2 Å². The third kappa shape index (κ3) is 4.08. The summed E-state index contributed by atoms with van der Waals surface area (Å²) in [6.45, 7) is 7.73. The first kappa shape index (κ1) is 17.0. The van der Waals surface area contributed by atoms with Crippen LogP contribution in [0.4, 0.5) is 0 Å². The molecule has 1 heterocycles. The summed E-state index contributed by atoms with van der Waals surface area (Å²) >= 11 is 0. The molecule has 1 aromatic rings. The molecule has 0 amide bonds. The summed E-state index contributed by atoms with van der Waals surface area (Å²) in [5.41, 5.74) is 1.02. The van der Waals surface area contributed by atoms with Crippen molar-refractivity contribution in [1.82, 2.24) is 0 Å².